The van der Waals surface area contributed by atoms with Crippen molar-refractivity contribution in [3.05, 3.63) is 59.1 Å². The van der Waals surface area contributed by atoms with Crippen LogP contribution in [0.5, 0.6) is 0 Å². The largest absolute Gasteiger partial charge is 0.368 e. The fourth-order valence-electron chi connectivity index (χ4n) is 4.27. The Bertz CT molecular complexity index is 1160. The van der Waals surface area contributed by atoms with Crippen LogP contribution in [-0.4, -0.2) is 73.4 Å². The number of amidine groups is 1. The molecule has 0 bridgehead atoms. The summed E-state index contributed by atoms with van der Waals surface area (Å²) in [6.45, 7) is 2.84. The van der Waals surface area contributed by atoms with Gasteiger partial charge < -0.3 is 15.1 Å². The van der Waals surface area contributed by atoms with Crippen molar-refractivity contribution in [2.45, 2.75) is 11.3 Å². The Labute approximate surface area is 196 Å². The van der Waals surface area contributed by atoms with Gasteiger partial charge in [0, 0.05) is 53.4 Å². The fraction of sp³-hybridized carbons (Fsp3) is 0.364. The molecule has 2 aromatic carbocycles. The summed E-state index contributed by atoms with van der Waals surface area (Å²) >= 11 is 7.45. The average molecular weight is 491 g/mol. The van der Waals surface area contributed by atoms with Crippen LogP contribution < -0.4 is 10.2 Å². The maximum atomic E-state index is 13.1. The molecule has 1 amide bonds. The number of amides is 1. The Morgan fingerprint density at radius 2 is 1.81 bits per heavy atom. The van der Waals surface area contributed by atoms with Crippen molar-refractivity contribution < 1.29 is 13.2 Å². The van der Waals surface area contributed by atoms with Crippen molar-refractivity contribution in [2.24, 2.45) is 4.99 Å². The summed E-state index contributed by atoms with van der Waals surface area (Å²) in [5, 5.41) is 4.68. The molecular weight excluding hydrogens is 468 g/mol. The summed E-state index contributed by atoms with van der Waals surface area (Å²) < 4.78 is 23.5. The van der Waals surface area contributed by atoms with Crippen molar-refractivity contribution >= 4 is 55.6 Å². The number of thioether (sulfide) groups is 1. The maximum Gasteiger partial charge on any atom is 0.254 e. The molecule has 3 heterocycles. The highest BCUT2D eigenvalue weighted by molar-refractivity contribution is 8.15. The summed E-state index contributed by atoms with van der Waals surface area (Å²) in [6, 6.07) is 15.0. The SMILES string of the molecule is O=C(c1cccc(NC2=N[C@H]3CS(=O)(=O)C[C@@H]3S2)c1)N1CCN(c2ccc(Cl)cc2)CC1. The first kappa shape index (κ1) is 21.6. The molecule has 0 unspecified atom stereocenters. The lowest BCUT2D eigenvalue weighted by Gasteiger charge is -2.36. The third-order valence-electron chi connectivity index (χ3n) is 5.94. The minimum Gasteiger partial charge on any atom is -0.368 e. The van der Waals surface area contributed by atoms with Gasteiger partial charge in [-0.25, -0.2) is 8.42 Å². The zero-order chi connectivity index (χ0) is 22.3. The average Bonchev–Trinajstić information content (AvgIpc) is 3.26. The quantitative estimate of drug-likeness (QED) is 0.712. The number of hydrogen-bond donors (Lipinski definition) is 1. The zero-order valence-electron chi connectivity index (χ0n) is 17.3. The molecule has 3 aliphatic rings. The smallest absolute Gasteiger partial charge is 0.254 e. The molecule has 5 rings (SSSR count). The van der Waals surface area contributed by atoms with Gasteiger partial charge in [-0.05, 0) is 42.5 Å². The number of aliphatic imine (C=N–C) groups is 1. The van der Waals surface area contributed by atoms with Crippen molar-refractivity contribution in [1.29, 1.82) is 0 Å². The molecule has 0 aliphatic carbocycles. The van der Waals surface area contributed by atoms with Crippen LogP contribution in [0, 0.1) is 0 Å². The molecule has 10 heteroatoms. The van der Waals surface area contributed by atoms with Crippen LogP contribution >= 0.6 is 23.4 Å². The molecule has 0 aromatic heterocycles. The van der Waals surface area contributed by atoms with Crippen LogP contribution in [0.15, 0.2) is 53.5 Å². The zero-order valence-corrected chi connectivity index (χ0v) is 19.7. The molecule has 0 radical (unpaired) electrons. The van der Waals surface area contributed by atoms with E-state index in [1.54, 1.807) is 0 Å². The van der Waals surface area contributed by atoms with E-state index in [1.807, 2.05) is 53.4 Å². The summed E-state index contributed by atoms with van der Waals surface area (Å²) in [7, 11) is -2.97. The lowest BCUT2D eigenvalue weighted by atomic mass is 10.1. The van der Waals surface area contributed by atoms with E-state index in [0.717, 1.165) is 29.6 Å². The van der Waals surface area contributed by atoms with E-state index in [9.17, 15) is 13.2 Å². The second-order valence-corrected chi connectivity index (χ2v) is 12.0. The molecule has 2 aromatic rings. The molecule has 2 atom stereocenters. The third kappa shape index (κ3) is 4.60. The fourth-order valence-corrected chi connectivity index (χ4v) is 8.07. The number of piperazine rings is 1. The predicted octanol–water partition coefficient (Wildman–Crippen LogP) is 2.98. The number of halogens is 1. The molecule has 0 saturated carbocycles. The topological polar surface area (TPSA) is 82.1 Å². The van der Waals surface area contributed by atoms with Gasteiger partial charge >= 0.3 is 0 Å². The number of fused-ring (bicyclic) bond motifs is 1. The van der Waals surface area contributed by atoms with Gasteiger partial charge in [0.25, 0.3) is 5.91 Å². The highest BCUT2D eigenvalue weighted by atomic mass is 35.5. The van der Waals surface area contributed by atoms with Crippen LogP contribution in [0.1, 0.15) is 10.4 Å². The number of hydrogen-bond acceptors (Lipinski definition) is 7. The van der Waals surface area contributed by atoms with Crippen LogP contribution in [0.4, 0.5) is 11.4 Å². The van der Waals surface area contributed by atoms with E-state index in [1.165, 1.54) is 11.8 Å². The number of nitrogens with one attached hydrogen (secondary N) is 1. The summed E-state index contributed by atoms with van der Waals surface area (Å²) in [5.41, 5.74) is 2.52. The molecule has 7 nitrogen and oxygen atoms in total. The van der Waals surface area contributed by atoms with E-state index in [2.05, 4.69) is 15.2 Å². The lowest BCUT2D eigenvalue weighted by Crippen LogP contribution is -2.48. The van der Waals surface area contributed by atoms with Gasteiger partial charge in [0.15, 0.2) is 15.0 Å². The summed E-state index contributed by atoms with van der Waals surface area (Å²) in [4.78, 5) is 21.7. The number of carbonyl (C=O) groups excluding carboxylic acids is 1. The van der Waals surface area contributed by atoms with Crippen molar-refractivity contribution in [3.8, 4) is 0 Å². The van der Waals surface area contributed by atoms with Gasteiger partial charge in [-0.1, -0.05) is 29.4 Å². The van der Waals surface area contributed by atoms with E-state index in [0.29, 0.717) is 23.7 Å². The Morgan fingerprint density at radius 3 is 2.53 bits per heavy atom. The standard InChI is InChI=1S/C22H23ClN4O3S2/c23-16-4-6-18(7-5-16)26-8-10-27(11-9-26)21(28)15-2-1-3-17(12-15)24-22-25-19-13-32(29,30)14-20(19)31-22/h1-7,12,19-20H,8-11,13-14H2,(H,24,25)/t19-,20-/m0/s1. The second-order valence-electron chi connectivity index (χ2n) is 8.20. The molecule has 0 spiro atoms. The Kier molecular flexibility index (Phi) is 5.81. The van der Waals surface area contributed by atoms with E-state index >= 15 is 0 Å². The molecule has 2 fully saturated rings. The molecule has 2 saturated heterocycles. The number of benzene rings is 2. The number of rotatable bonds is 3. The van der Waals surface area contributed by atoms with E-state index < -0.39 is 9.84 Å². The number of anilines is 2. The number of sulfone groups is 1. The lowest BCUT2D eigenvalue weighted by molar-refractivity contribution is 0.0747. The summed E-state index contributed by atoms with van der Waals surface area (Å²) in [6.07, 6.45) is 0. The van der Waals surface area contributed by atoms with Crippen molar-refractivity contribution in [2.75, 3.05) is 47.9 Å². The molecular formula is C22H23ClN4O3S2. The Hall–Kier alpha value is -2.23. The Balaban J connectivity index is 1.20. The monoisotopic (exact) mass is 490 g/mol. The minimum atomic E-state index is -2.97. The molecule has 32 heavy (non-hydrogen) atoms. The first-order valence-electron chi connectivity index (χ1n) is 10.5. The highest BCUT2D eigenvalue weighted by Crippen LogP contribution is 2.34. The van der Waals surface area contributed by atoms with Gasteiger partial charge in [-0.3, -0.25) is 9.79 Å². The normalized spacial score (nSPS) is 24.2. The Morgan fingerprint density at radius 1 is 1.06 bits per heavy atom. The van der Waals surface area contributed by atoms with Crippen LogP contribution in [0.3, 0.4) is 0 Å². The first-order valence-corrected chi connectivity index (χ1v) is 13.6. The first-order chi connectivity index (χ1) is 15.4. The predicted molar refractivity (Wildman–Crippen MR) is 131 cm³/mol. The molecule has 3 aliphatic heterocycles. The van der Waals surface area contributed by atoms with Crippen LogP contribution in [0.2, 0.25) is 5.02 Å². The van der Waals surface area contributed by atoms with E-state index in [-0.39, 0.29) is 28.7 Å². The van der Waals surface area contributed by atoms with Gasteiger partial charge in [0.05, 0.1) is 17.5 Å². The maximum absolute atomic E-state index is 13.1. The molecule has 1 N–H and O–H groups in total. The second kappa shape index (κ2) is 8.61. The van der Waals surface area contributed by atoms with Gasteiger partial charge in [0.1, 0.15) is 0 Å². The van der Waals surface area contributed by atoms with Crippen LogP contribution in [0.25, 0.3) is 0 Å². The van der Waals surface area contributed by atoms with Crippen molar-refractivity contribution in [1.82, 2.24) is 4.90 Å². The number of nitrogens with zero attached hydrogens (tertiary/aromatic N) is 3. The van der Waals surface area contributed by atoms with Gasteiger partial charge in [-0.2, -0.15) is 0 Å². The van der Waals surface area contributed by atoms with Crippen LogP contribution in [-0.2, 0) is 9.84 Å². The minimum absolute atomic E-state index is 0.00776. The van der Waals surface area contributed by atoms with E-state index in [4.69, 9.17) is 11.6 Å². The summed E-state index contributed by atoms with van der Waals surface area (Å²) in [5.74, 6) is 0.307. The molecule has 168 valence electrons. The highest BCUT2D eigenvalue weighted by Gasteiger charge is 2.42. The van der Waals surface area contributed by atoms with Gasteiger partial charge in [0.2, 0.25) is 0 Å². The third-order valence-corrected chi connectivity index (χ3v) is 9.33. The van der Waals surface area contributed by atoms with Gasteiger partial charge in [-0.15, -0.1) is 0 Å². The number of carbonyl (C=O) groups is 1. The van der Waals surface area contributed by atoms with Crippen molar-refractivity contribution in [3.63, 3.8) is 0 Å².